The molecule has 3 rings (SSSR count). The van der Waals surface area contributed by atoms with E-state index < -0.39 is 39.8 Å². The van der Waals surface area contributed by atoms with Crippen LogP contribution >= 0.6 is 0 Å². The second-order valence-corrected chi connectivity index (χ2v) is 12.2. The second kappa shape index (κ2) is 9.37. The molecule has 0 spiro atoms. The first-order valence-corrected chi connectivity index (χ1v) is 12.5. The third-order valence-corrected chi connectivity index (χ3v) is 8.25. The summed E-state index contributed by atoms with van der Waals surface area (Å²) in [6.45, 7) is 6.03. The molecular formula is C22H30F3N3O5S. The van der Waals surface area contributed by atoms with Crippen LogP contribution in [0.15, 0.2) is 29.2 Å². The van der Waals surface area contributed by atoms with Crippen LogP contribution < -0.4 is 10.6 Å². The number of carbonyl (C=O) groups excluding carboxylic acids is 1. The highest BCUT2D eigenvalue weighted by molar-refractivity contribution is 7.89. The molecule has 2 amide bonds. The molecule has 1 saturated heterocycles. The molecule has 1 aliphatic heterocycles. The number of hydrogen-bond donors (Lipinski definition) is 3. The molecule has 1 heterocycles. The van der Waals surface area contributed by atoms with Gasteiger partial charge in [-0.3, -0.25) is 4.79 Å². The van der Waals surface area contributed by atoms with Crippen LogP contribution in [-0.2, 0) is 21.0 Å². The maximum absolute atomic E-state index is 13.0. The number of fused-ring (bicyclic) bond motifs is 1. The van der Waals surface area contributed by atoms with Gasteiger partial charge in [-0.1, -0.05) is 20.8 Å². The number of nitrogens with zero attached hydrogens (tertiary/aromatic N) is 1. The van der Waals surface area contributed by atoms with Crippen molar-refractivity contribution in [2.75, 3.05) is 13.1 Å². The van der Waals surface area contributed by atoms with Crippen molar-refractivity contribution in [1.29, 1.82) is 0 Å². The van der Waals surface area contributed by atoms with Crippen molar-refractivity contribution in [2.24, 2.45) is 17.3 Å². The van der Waals surface area contributed by atoms with Gasteiger partial charge >= 0.3 is 12.3 Å². The summed E-state index contributed by atoms with van der Waals surface area (Å²) < 4.78 is 65.7. The summed E-state index contributed by atoms with van der Waals surface area (Å²) in [5.74, 6) is -0.608. The minimum absolute atomic E-state index is 0.00280. The first-order valence-electron chi connectivity index (χ1n) is 11.1. The third-order valence-electron chi connectivity index (χ3n) is 6.40. The third kappa shape index (κ3) is 6.01. The highest BCUT2D eigenvalue weighted by Gasteiger charge is 2.47. The average Bonchev–Trinajstić information content (AvgIpc) is 3.28. The van der Waals surface area contributed by atoms with Crippen molar-refractivity contribution in [3.8, 4) is 0 Å². The Morgan fingerprint density at radius 2 is 1.74 bits per heavy atom. The van der Waals surface area contributed by atoms with E-state index in [9.17, 15) is 31.2 Å². The summed E-state index contributed by atoms with van der Waals surface area (Å²) in [5.41, 5.74) is -1.23. The van der Waals surface area contributed by atoms with Crippen LogP contribution in [0.4, 0.5) is 18.0 Å². The number of sulfonamides is 1. The minimum Gasteiger partial charge on any atom is -0.465 e. The zero-order valence-corrected chi connectivity index (χ0v) is 20.0. The molecule has 1 aliphatic carbocycles. The van der Waals surface area contributed by atoms with E-state index in [1.807, 2.05) is 20.8 Å². The predicted molar refractivity (Wildman–Crippen MR) is 117 cm³/mol. The Kier molecular flexibility index (Phi) is 7.24. The number of rotatable bonds is 6. The van der Waals surface area contributed by atoms with Crippen LogP contribution in [0.2, 0.25) is 0 Å². The number of carboxylic acid groups (broad SMARTS) is 1. The van der Waals surface area contributed by atoms with E-state index >= 15 is 0 Å². The number of hydrogen-bond acceptors (Lipinski definition) is 4. The maximum atomic E-state index is 13.0. The molecule has 2 aliphatic rings. The lowest BCUT2D eigenvalue weighted by atomic mass is 9.87. The Bertz CT molecular complexity index is 1020. The van der Waals surface area contributed by atoms with Crippen LogP contribution in [-0.4, -0.2) is 55.0 Å². The first-order chi connectivity index (χ1) is 15.6. The van der Waals surface area contributed by atoms with Crippen LogP contribution in [0, 0.1) is 17.3 Å². The largest absolute Gasteiger partial charge is 0.465 e. The smallest absolute Gasteiger partial charge is 0.416 e. The zero-order chi connectivity index (χ0) is 25.5. The van der Waals surface area contributed by atoms with Gasteiger partial charge in [0.25, 0.3) is 0 Å². The standard InChI is InChI=1S/C22H30F3N3O5S/c1-21(2,3)10-18(27-20(30)31)19(29)26-17-9-4-13-11-28(12-16(13)17)34(32,33)15-7-5-14(6-8-15)22(23,24)25/h5-8,13,16-18,27H,4,9-12H2,1-3H3,(H,26,29)(H,30,31)/t13-,16+,17+,18+/m1/s1. The summed E-state index contributed by atoms with van der Waals surface area (Å²) in [7, 11) is -3.99. The van der Waals surface area contributed by atoms with E-state index in [2.05, 4.69) is 10.6 Å². The molecule has 4 atom stereocenters. The molecule has 3 N–H and O–H groups in total. The Balaban J connectivity index is 1.69. The lowest BCUT2D eigenvalue weighted by Crippen LogP contribution is -2.52. The Morgan fingerprint density at radius 3 is 2.26 bits per heavy atom. The first kappa shape index (κ1) is 26.3. The maximum Gasteiger partial charge on any atom is 0.416 e. The second-order valence-electron chi connectivity index (χ2n) is 10.2. The summed E-state index contributed by atoms with van der Waals surface area (Å²) in [6.07, 6.45) is -4.24. The number of benzene rings is 1. The molecule has 190 valence electrons. The van der Waals surface area contributed by atoms with Crippen molar-refractivity contribution >= 4 is 22.0 Å². The van der Waals surface area contributed by atoms with Crippen LogP contribution in [0.3, 0.4) is 0 Å². The van der Waals surface area contributed by atoms with Gasteiger partial charge in [0, 0.05) is 19.1 Å². The monoisotopic (exact) mass is 505 g/mol. The quantitative estimate of drug-likeness (QED) is 0.549. The summed E-state index contributed by atoms with van der Waals surface area (Å²) in [6, 6.07) is 2.16. The van der Waals surface area contributed by atoms with Crippen molar-refractivity contribution in [3.63, 3.8) is 0 Å². The lowest BCUT2D eigenvalue weighted by Gasteiger charge is -2.28. The SMILES string of the molecule is CC(C)(C)C[C@H](NC(=O)O)C(=O)N[C@H]1CC[C@@H]2CN(S(=O)(=O)c3ccc(C(F)(F)F)cc3)C[C@@H]21. The van der Waals surface area contributed by atoms with Gasteiger partial charge in [0.2, 0.25) is 15.9 Å². The van der Waals surface area contributed by atoms with Gasteiger partial charge in [0.15, 0.2) is 0 Å². The van der Waals surface area contributed by atoms with Gasteiger partial charge < -0.3 is 15.7 Å². The van der Waals surface area contributed by atoms with E-state index in [1.165, 1.54) is 4.31 Å². The van der Waals surface area contributed by atoms with Crippen molar-refractivity contribution in [3.05, 3.63) is 29.8 Å². The average molecular weight is 506 g/mol. The molecule has 0 aromatic heterocycles. The molecular weight excluding hydrogens is 475 g/mol. The number of carbonyl (C=O) groups is 2. The molecule has 1 aromatic carbocycles. The van der Waals surface area contributed by atoms with Gasteiger partial charge in [0.1, 0.15) is 6.04 Å². The Labute approximate surface area is 196 Å². The Hall–Kier alpha value is -2.34. The Morgan fingerprint density at radius 1 is 1.12 bits per heavy atom. The highest BCUT2D eigenvalue weighted by Crippen LogP contribution is 2.40. The molecule has 0 radical (unpaired) electrons. The summed E-state index contributed by atoms with van der Waals surface area (Å²) >= 11 is 0. The highest BCUT2D eigenvalue weighted by atomic mass is 32.2. The lowest BCUT2D eigenvalue weighted by molar-refractivity contribution is -0.137. The fraction of sp³-hybridized carbons (Fsp3) is 0.636. The van der Waals surface area contributed by atoms with Gasteiger partial charge in [-0.2, -0.15) is 17.5 Å². The topological polar surface area (TPSA) is 116 Å². The van der Waals surface area contributed by atoms with Gasteiger partial charge in [0.05, 0.1) is 10.5 Å². The van der Waals surface area contributed by atoms with Gasteiger partial charge in [-0.25, -0.2) is 13.2 Å². The van der Waals surface area contributed by atoms with E-state index in [4.69, 9.17) is 5.11 Å². The van der Waals surface area contributed by atoms with Crippen LogP contribution in [0.5, 0.6) is 0 Å². The van der Waals surface area contributed by atoms with Crippen molar-refractivity contribution in [2.45, 2.75) is 63.2 Å². The molecule has 34 heavy (non-hydrogen) atoms. The molecule has 1 saturated carbocycles. The zero-order valence-electron chi connectivity index (χ0n) is 19.2. The number of alkyl halides is 3. The van der Waals surface area contributed by atoms with Crippen LogP contribution in [0.25, 0.3) is 0 Å². The van der Waals surface area contributed by atoms with E-state index in [-0.39, 0.29) is 41.3 Å². The molecule has 12 heteroatoms. The fourth-order valence-electron chi connectivity index (χ4n) is 4.82. The van der Waals surface area contributed by atoms with Crippen molar-refractivity contribution in [1.82, 2.24) is 14.9 Å². The molecule has 2 fully saturated rings. The number of nitrogens with one attached hydrogen (secondary N) is 2. The molecule has 0 unspecified atom stereocenters. The van der Waals surface area contributed by atoms with E-state index in [1.54, 1.807) is 0 Å². The molecule has 8 nitrogen and oxygen atoms in total. The van der Waals surface area contributed by atoms with Gasteiger partial charge in [-0.15, -0.1) is 0 Å². The van der Waals surface area contributed by atoms with Crippen molar-refractivity contribution < 1.29 is 36.3 Å². The van der Waals surface area contributed by atoms with Crippen LogP contribution in [0.1, 0.15) is 45.6 Å². The normalized spacial score (nSPS) is 24.5. The molecule has 0 bridgehead atoms. The minimum atomic E-state index is -4.56. The number of halogens is 3. The fourth-order valence-corrected chi connectivity index (χ4v) is 6.35. The van der Waals surface area contributed by atoms with E-state index in [0.29, 0.717) is 19.3 Å². The van der Waals surface area contributed by atoms with E-state index in [0.717, 1.165) is 24.3 Å². The summed E-state index contributed by atoms with van der Waals surface area (Å²) in [5, 5.41) is 14.3. The predicted octanol–water partition coefficient (Wildman–Crippen LogP) is 3.29. The summed E-state index contributed by atoms with van der Waals surface area (Å²) in [4.78, 5) is 23.8. The molecule has 1 aromatic rings. The number of amides is 2. The van der Waals surface area contributed by atoms with Gasteiger partial charge in [-0.05, 0) is 60.8 Å².